The van der Waals surface area contributed by atoms with Gasteiger partial charge in [-0.15, -0.1) is 0 Å². The van der Waals surface area contributed by atoms with Gasteiger partial charge in [0.25, 0.3) is 0 Å². The molecule has 0 saturated heterocycles. The van der Waals surface area contributed by atoms with Gasteiger partial charge in [0.2, 0.25) is 0 Å². The van der Waals surface area contributed by atoms with Crippen molar-refractivity contribution >= 4 is 41.7 Å². The first-order valence-corrected chi connectivity index (χ1v) is 9.16. The van der Waals surface area contributed by atoms with Crippen molar-refractivity contribution in [2.45, 2.75) is 49.3 Å². The van der Waals surface area contributed by atoms with Crippen LogP contribution in [0.4, 0.5) is 0 Å². The lowest BCUT2D eigenvalue weighted by Gasteiger charge is -2.28. The maximum atomic E-state index is 11.6. The predicted molar refractivity (Wildman–Crippen MR) is 71.6 cm³/mol. The summed E-state index contributed by atoms with van der Waals surface area (Å²) >= 11 is 6.71. The van der Waals surface area contributed by atoms with E-state index in [1.54, 1.807) is 0 Å². The Morgan fingerprint density at radius 2 is 1.47 bits per heavy atom. The molecule has 0 amide bonds. The minimum absolute atomic E-state index is 0.0767. The molecule has 1 fully saturated rings. The van der Waals surface area contributed by atoms with Crippen LogP contribution in [0.15, 0.2) is 0 Å². The fourth-order valence-electron chi connectivity index (χ4n) is 2.12. The Kier molecular flexibility index (Phi) is 5.60. The minimum Gasteiger partial charge on any atom is -0.228 e. The van der Waals surface area contributed by atoms with Gasteiger partial charge in [0.05, 0.1) is 5.75 Å². The molecule has 0 aromatic heterocycles. The van der Waals surface area contributed by atoms with Crippen molar-refractivity contribution < 1.29 is 8.42 Å². The van der Waals surface area contributed by atoms with Crippen LogP contribution in [0.1, 0.15) is 44.9 Å². The third kappa shape index (κ3) is 5.18. The number of alkyl halides is 2. The Hall–Kier alpha value is 0.910. The van der Waals surface area contributed by atoms with Gasteiger partial charge in [0, 0.05) is 4.32 Å². The Morgan fingerprint density at radius 3 is 1.93 bits per heavy atom. The summed E-state index contributed by atoms with van der Waals surface area (Å²) in [6.45, 7) is 0. The second kappa shape index (κ2) is 6.01. The molecule has 15 heavy (non-hydrogen) atoms. The van der Waals surface area contributed by atoms with Crippen LogP contribution in [0.25, 0.3) is 0 Å². The zero-order valence-electron chi connectivity index (χ0n) is 8.84. The van der Waals surface area contributed by atoms with E-state index in [0.29, 0.717) is 0 Å². The summed E-state index contributed by atoms with van der Waals surface area (Å²) in [6, 6.07) is 0. The van der Waals surface area contributed by atoms with E-state index in [1.807, 2.05) is 0 Å². The van der Waals surface area contributed by atoms with Gasteiger partial charge in [-0.25, -0.2) is 8.42 Å². The molecule has 0 aromatic carbocycles. The van der Waals surface area contributed by atoms with Crippen LogP contribution in [-0.2, 0) is 9.84 Å². The topological polar surface area (TPSA) is 34.1 Å². The van der Waals surface area contributed by atoms with Gasteiger partial charge in [0.1, 0.15) is 4.66 Å². The van der Waals surface area contributed by atoms with Crippen LogP contribution >= 0.6 is 31.9 Å². The van der Waals surface area contributed by atoms with E-state index in [4.69, 9.17) is 0 Å². The summed E-state index contributed by atoms with van der Waals surface area (Å²) in [7, 11) is -2.94. The van der Waals surface area contributed by atoms with E-state index in [0.717, 1.165) is 25.7 Å². The van der Waals surface area contributed by atoms with Crippen LogP contribution in [0.5, 0.6) is 0 Å². The average Bonchev–Trinajstić information content (AvgIpc) is 2.12. The Labute approximate surface area is 109 Å². The van der Waals surface area contributed by atoms with Crippen LogP contribution in [-0.4, -0.2) is 23.2 Å². The monoisotopic (exact) mass is 360 g/mol. The molecule has 1 rings (SSSR count). The second-order valence-electron chi connectivity index (χ2n) is 4.42. The molecular formula is C10H18Br2O2S. The lowest BCUT2D eigenvalue weighted by molar-refractivity contribution is 0.442. The molecule has 0 bridgehead atoms. The summed E-state index contributed by atoms with van der Waals surface area (Å²) in [5.74, 6) is 0.269. The highest BCUT2D eigenvalue weighted by atomic mass is 79.9. The van der Waals surface area contributed by atoms with Gasteiger partial charge >= 0.3 is 0 Å². The van der Waals surface area contributed by atoms with Crippen molar-refractivity contribution in [2.24, 2.45) is 0 Å². The smallest absolute Gasteiger partial charge is 0.161 e. The normalized spacial score (nSPS) is 23.1. The standard InChI is InChI=1S/C10H18Br2O2S/c11-9-15(13,14)8-10(12)6-4-2-1-3-5-7-10/h1-9H2. The van der Waals surface area contributed by atoms with E-state index in [9.17, 15) is 8.42 Å². The first-order valence-electron chi connectivity index (χ1n) is 5.43. The fraction of sp³-hybridized carbons (Fsp3) is 1.00. The molecule has 5 heteroatoms. The van der Waals surface area contributed by atoms with Crippen LogP contribution in [0.2, 0.25) is 0 Å². The first kappa shape index (κ1) is 14.0. The number of sulfone groups is 1. The molecule has 0 heterocycles. The highest BCUT2D eigenvalue weighted by Gasteiger charge is 2.32. The number of rotatable bonds is 3. The molecule has 0 atom stereocenters. The maximum Gasteiger partial charge on any atom is 0.161 e. The van der Waals surface area contributed by atoms with Crippen molar-refractivity contribution in [3.05, 3.63) is 0 Å². The molecule has 1 saturated carbocycles. The van der Waals surface area contributed by atoms with Crippen molar-refractivity contribution in [1.82, 2.24) is 0 Å². The van der Waals surface area contributed by atoms with Gasteiger partial charge in [-0.1, -0.05) is 64.0 Å². The molecule has 0 spiro atoms. The van der Waals surface area contributed by atoms with E-state index >= 15 is 0 Å². The van der Waals surface area contributed by atoms with Crippen LogP contribution in [0.3, 0.4) is 0 Å². The zero-order valence-corrected chi connectivity index (χ0v) is 12.8. The summed E-state index contributed by atoms with van der Waals surface area (Å²) < 4.78 is 23.1. The average molecular weight is 362 g/mol. The van der Waals surface area contributed by atoms with Gasteiger partial charge in [-0.05, 0) is 12.8 Å². The van der Waals surface area contributed by atoms with Crippen molar-refractivity contribution in [3.8, 4) is 0 Å². The highest BCUT2D eigenvalue weighted by molar-refractivity contribution is 9.11. The summed E-state index contributed by atoms with van der Waals surface area (Å²) in [4.78, 5) is 0. The molecular weight excluding hydrogens is 344 g/mol. The van der Waals surface area contributed by atoms with Gasteiger partial charge in [-0.3, -0.25) is 0 Å². The fourth-order valence-corrected chi connectivity index (χ4v) is 5.36. The van der Waals surface area contributed by atoms with Gasteiger partial charge < -0.3 is 0 Å². The lowest BCUT2D eigenvalue weighted by atomic mass is 9.92. The molecule has 2 nitrogen and oxygen atoms in total. The summed E-state index contributed by atoms with van der Waals surface area (Å²) in [5, 5.41) is 0. The van der Waals surface area contributed by atoms with Crippen molar-refractivity contribution in [1.29, 1.82) is 0 Å². The quantitative estimate of drug-likeness (QED) is 0.719. The van der Waals surface area contributed by atoms with E-state index in [2.05, 4.69) is 31.9 Å². The lowest BCUT2D eigenvalue weighted by Crippen LogP contribution is -2.32. The molecule has 0 aromatic rings. The second-order valence-corrected chi connectivity index (χ2v) is 9.47. The zero-order chi connectivity index (χ0) is 11.4. The summed E-state index contributed by atoms with van der Waals surface area (Å²) in [5.41, 5.74) is 0. The van der Waals surface area contributed by atoms with Crippen molar-refractivity contribution in [3.63, 3.8) is 0 Å². The molecule has 0 radical (unpaired) electrons. The van der Waals surface area contributed by atoms with E-state index in [-0.39, 0.29) is 14.7 Å². The molecule has 0 unspecified atom stereocenters. The first-order chi connectivity index (χ1) is 6.97. The minimum atomic E-state index is -2.94. The Balaban J connectivity index is 2.62. The molecule has 0 aliphatic heterocycles. The van der Waals surface area contributed by atoms with Crippen molar-refractivity contribution in [2.75, 3.05) is 10.4 Å². The molecule has 90 valence electrons. The van der Waals surface area contributed by atoms with Crippen LogP contribution < -0.4 is 0 Å². The molecule has 1 aliphatic carbocycles. The van der Waals surface area contributed by atoms with E-state index < -0.39 is 9.84 Å². The number of hydrogen-bond donors (Lipinski definition) is 0. The van der Waals surface area contributed by atoms with Gasteiger partial charge in [0.15, 0.2) is 9.84 Å². The van der Waals surface area contributed by atoms with E-state index in [1.165, 1.54) is 19.3 Å². The molecule has 0 N–H and O–H groups in total. The Morgan fingerprint density at radius 1 is 1.00 bits per heavy atom. The third-order valence-corrected chi connectivity index (χ3v) is 7.76. The maximum absolute atomic E-state index is 11.6. The predicted octanol–water partition coefficient (Wildman–Crippen LogP) is 3.63. The highest BCUT2D eigenvalue weighted by Crippen LogP contribution is 2.35. The SMILES string of the molecule is O=S(=O)(CBr)CC1(Br)CCCCCCC1. The number of halogens is 2. The number of hydrogen-bond acceptors (Lipinski definition) is 2. The van der Waals surface area contributed by atoms with Crippen LogP contribution in [0, 0.1) is 0 Å². The van der Waals surface area contributed by atoms with Gasteiger partial charge in [-0.2, -0.15) is 0 Å². The Bertz CT molecular complexity index is 280. The third-order valence-electron chi connectivity index (χ3n) is 2.89. The largest absolute Gasteiger partial charge is 0.228 e. The molecule has 1 aliphatic rings. The summed E-state index contributed by atoms with van der Waals surface area (Å²) in [6.07, 6.45) is 8.03.